The molecule has 0 N–H and O–H groups in total. The molecule has 7 nitrogen and oxygen atoms in total. The van der Waals surface area contributed by atoms with Gasteiger partial charge in [-0.25, -0.2) is 4.98 Å². The molecular formula is C52H38N4O3. The van der Waals surface area contributed by atoms with Gasteiger partial charge in [0.25, 0.3) is 0 Å². The van der Waals surface area contributed by atoms with Gasteiger partial charge in [-0.15, -0.1) is 0 Å². The number of ether oxygens (including phenoxy) is 1. The molecule has 0 atom stereocenters. The zero-order valence-electron chi connectivity index (χ0n) is 32.8. The summed E-state index contributed by atoms with van der Waals surface area (Å²) in [6.45, 7) is 7.27. The minimum absolute atomic E-state index is 0.0105. The van der Waals surface area contributed by atoms with Crippen molar-refractivity contribution in [3.8, 4) is 17.3 Å². The van der Waals surface area contributed by atoms with Crippen molar-refractivity contribution in [3.63, 3.8) is 0 Å². The largest absolute Gasteiger partial charge is 0.457 e. The van der Waals surface area contributed by atoms with E-state index >= 15 is 0 Å². The van der Waals surface area contributed by atoms with Gasteiger partial charge in [0.2, 0.25) is 0 Å². The highest BCUT2D eigenvalue weighted by Crippen LogP contribution is 2.52. The molecule has 284 valence electrons. The second kappa shape index (κ2) is 12.5. The lowest BCUT2D eigenvalue weighted by molar-refractivity contribution is 0.483. The molecule has 0 fully saturated rings. The van der Waals surface area contributed by atoms with E-state index in [1.807, 2.05) is 42.6 Å². The molecule has 0 unspecified atom stereocenters. The summed E-state index contributed by atoms with van der Waals surface area (Å²) in [6, 6.07) is 54.8. The number of benzene rings is 7. The summed E-state index contributed by atoms with van der Waals surface area (Å²) in [5, 5.41) is 6.62. The molecule has 11 aromatic rings. The van der Waals surface area contributed by atoms with Crippen molar-refractivity contribution in [3.05, 3.63) is 169 Å². The molecule has 0 spiro atoms. The van der Waals surface area contributed by atoms with Crippen molar-refractivity contribution >= 4 is 88.4 Å². The number of para-hydroxylation sites is 5. The van der Waals surface area contributed by atoms with Crippen molar-refractivity contribution in [1.29, 1.82) is 0 Å². The van der Waals surface area contributed by atoms with Gasteiger partial charge in [-0.2, -0.15) is 0 Å². The Morgan fingerprint density at radius 3 is 1.88 bits per heavy atom. The van der Waals surface area contributed by atoms with Crippen LogP contribution < -0.4 is 14.5 Å². The first-order chi connectivity index (χ1) is 28.9. The Labute approximate surface area is 339 Å². The summed E-state index contributed by atoms with van der Waals surface area (Å²) in [7, 11) is 0. The van der Waals surface area contributed by atoms with Gasteiger partial charge < -0.3 is 23.4 Å². The third kappa shape index (κ3) is 5.17. The molecule has 4 aromatic heterocycles. The third-order valence-electron chi connectivity index (χ3n) is 11.8. The highest BCUT2D eigenvalue weighted by molar-refractivity contribution is 6.26. The first-order valence-electron chi connectivity index (χ1n) is 20.0. The minimum Gasteiger partial charge on any atom is -0.457 e. The number of anilines is 4. The number of rotatable bonds is 5. The molecule has 0 saturated carbocycles. The van der Waals surface area contributed by atoms with Gasteiger partial charge in [0.1, 0.15) is 46.3 Å². The van der Waals surface area contributed by atoms with Crippen LogP contribution in [0.3, 0.4) is 0 Å². The second-order valence-electron chi connectivity index (χ2n) is 16.4. The van der Waals surface area contributed by atoms with E-state index in [4.69, 9.17) is 18.6 Å². The smallest absolute Gasteiger partial charge is 0.141 e. The summed E-state index contributed by atoms with van der Waals surface area (Å²) in [5.74, 6) is 2.39. The Bertz CT molecular complexity index is 3390. The molecule has 0 amide bonds. The predicted octanol–water partition coefficient (Wildman–Crippen LogP) is 14.3. The highest BCUT2D eigenvalue weighted by atomic mass is 16.5. The van der Waals surface area contributed by atoms with Gasteiger partial charge in [0.15, 0.2) is 0 Å². The topological polar surface area (TPSA) is 59.8 Å². The Morgan fingerprint density at radius 2 is 1.15 bits per heavy atom. The van der Waals surface area contributed by atoms with Gasteiger partial charge >= 0.3 is 0 Å². The lowest BCUT2D eigenvalue weighted by Crippen LogP contribution is -2.24. The molecular weight excluding hydrogens is 729 g/mol. The summed E-state index contributed by atoms with van der Waals surface area (Å²) < 4.78 is 22.0. The number of hydrogen-bond donors (Lipinski definition) is 0. The van der Waals surface area contributed by atoms with Gasteiger partial charge in [-0.05, 0) is 77.7 Å². The maximum Gasteiger partial charge on any atom is 0.141 e. The summed E-state index contributed by atoms with van der Waals surface area (Å²) in [6.07, 6.45) is 1.91. The average molecular weight is 767 g/mol. The maximum atomic E-state index is 6.74. The Kier molecular flexibility index (Phi) is 7.12. The van der Waals surface area contributed by atoms with Crippen LogP contribution in [-0.4, -0.2) is 16.2 Å². The minimum atomic E-state index is -0.0105. The summed E-state index contributed by atoms with van der Waals surface area (Å²) in [5.41, 5.74) is 11.0. The highest BCUT2D eigenvalue weighted by Gasteiger charge is 2.33. The molecule has 7 aromatic carbocycles. The number of hydrogen-bond acceptors (Lipinski definition) is 6. The van der Waals surface area contributed by atoms with E-state index in [0.29, 0.717) is 6.67 Å². The van der Waals surface area contributed by atoms with Crippen LogP contribution >= 0.6 is 0 Å². The van der Waals surface area contributed by atoms with Gasteiger partial charge in [0, 0.05) is 51.6 Å². The lowest BCUT2D eigenvalue weighted by atomic mass is 9.88. The van der Waals surface area contributed by atoms with Crippen molar-refractivity contribution in [2.24, 2.45) is 0 Å². The lowest BCUT2D eigenvalue weighted by Gasteiger charge is -2.24. The SMILES string of the molecule is CC(C)(C)c1ccnc(-n2c3ccccc3c3ccc(Oc4cccc(N5CN(c6c7c(cc8oc9ccccc9c68)oc6ccccc67)c6ccccc65)c4)cc32)c1. The number of fused-ring (bicyclic) bond motifs is 10. The predicted molar refractivity (Wildman–Crippen MR) is 240 cm³/mol. The first kappa shape index (κ1) is 33.6. The maximum absolute atomic E-state index is 6.74. The summed E-state index contributed by atoms with van der Waals surface area (Å²) >= 11 is 0. The molecule has 12 rings (SSSR count). The number of aromatic nitrogens is 2. The van der Waals surface area contributed by atoms with Crippen LogP contribution in [0.4, 0.5) is 22.7 Å². The van der Waals surface area contributed by atoms with Crippen molar-refractivity contribution < 1.29 is 13.6 Å². The zero-order chi connectivity index (χ0) is 39.4. The molecule has 0 aliphatic carbocycles. The molecule has 1 aliphatic heterocycles. The zero-order valence-corrected chi connectivity index (χ0v) is 32.8. The Balaban J connectivity index is 0.960. The Morgan fingerprint density at radius 1 is 0.525 bits per heavy atom. The molecule has 0 radical (unpaired) electrons. The number of furan rings is 2. The van der Waals surface area contributed by atoms with Crippen molar-refractivity contribution in [2.75, 3.05) is 16.5 Å². The van der Waals surface area contributed by atoms with E-state index in [9.17, 15) is 0 Å². The fraction of sp³-hybridized carbons (Fsp3) is 0.0962. The fourth-order valence-electron chi connectivity index (χ4n) is 9.08. The molecule has 5 heterocycles. The quantitative estimate of drug-likeness (QED) is 0.174. The molecule has 7 heteroatoms. The van der Waals surface area contributed by atoms with Crippen LogP contribution in [0.2, 0.25) is 0 Å². The standard InChI is InChI=1S/C52H38N4O3/c1-52(2,3)32-25-26-53-48(27-32)56-40-18-7-4-15-36(40)37-24-23-35(29-43(37)56)57-34-14-12-13-33(28-34)54-31-55(42-20-9-8-19-41(42)54)51-49-38-16-5-10-21-44(38)58-46(49)30-47-50(51)39-17-6-11-22-45(39)59-47/h4-30H,31H2,1-3H3. The van der Waals surface area contributed by atoms with E-state index in [0.717, 1.165) is 100 Å². The van der Waals surface area contributed by atoms with Gasteiger partial charge in [0.05, 0.1) is 38.9 Å². The van der Waals surface area contributed by atoms with Crippen LogP contribution in [0.15, 0.2) is 173 Å². The van der Waals surface area contributed by atoms with Crippen LogP contribution in [0, 0.1) is 0 Å². The fourth-order valence-corrected chi connectivity index (χ4v) is 9.08. The van der Waals surface area contributed by atoms with E-state index in [-0.39, 0.29) is 5.41 Å². The molecule has 0 bridgehead atoms. The second-order valence-corrected chi connectivity index (χ2v) is 16.4. The van der Waals surface area contributed by atoms with E-state index in [1.54, 1.807) is 0 Å². The number of nitrogens with zero attached hydrogens (tertiary/aromatic N) is 4. The molecule has 59 heavy (non-hydrogen) atoms. The first-order valence-corrected chi connectivity index (χ1v) is 20.0. The monoisotopic (exact) mass is 766 g/mol. The molecule has 1 aliphatic rings. The summed E-state index contributed by atoms with van der Waals surface area (Å²) in [4.78, 5) is 9.63. The third-order valence-corrected chi connectivity index (χ3v) is 11.8. The van der Waals surface area contributed by atoms with E-state index in [2.05, 4.69) is 156 Å². The van der Waals surface area contributed by atoms with Gasteiger partial charge in [-0.3, -0.25) is 4.57 Å². The van der Waals surface area contributed by atoms with E-state index in [1.165, 1.54) is 10.9 Å². The molecule has 0 saturated heterocycles. The van der Waals surface area contributed by atoms with Crippen molar-refractivity contribution in [2.45, 2.75) is 26.2 Å². The Hall–Kier alpha value is -7.51. The van der Waals surface area contributed by atoms with Crippen LogP contribution in [0.1, 0.15) is 26.3 Å². The van der Waals surface area contributed by atoms with Crippen LogP contribution in [-0.2, 0) is 5.41 Å². The average Bonchev–Trinajstić information content (AvgIpc) is 4.02. The number of pyridine rings is 1. The van der Waals surface area contributed by atoms with E-state index < -0.39 is 0 Å². The van der Waals surface area contributed by atoms with Crippen LogP contribution in [0.5, 0.6) is 11.5 Å². The van der Waals surface area contributed by atoms with Crippen molar-refractivity contribution in [1.82, 2.24) is 9.55 Å². The van der Waals surface area contributed by atoms with Crippen LogP contribution in [0.25, 0.3) is 71.5 Å². The van der Waals surface area contributed by atoms with Gasteiger partial charge in [-0.1, -0.05) is 93.6 Å². The normalized spacial score (nSPS) is 13.2.